The van der Waals surface area contributed by atoms with Crippen LogP contribution in [0.5, 0.6) is 5.75 Å². The number of aromatic nitrogens is 2. The summed E-state index contributed by atoms with van der Waals surface area (Å²) >= 11 is 7.06. The predicted molar refractivity (Wildman–Crippen MR) is 84.0 cm³/mol. The monoisotopic (exact) mass is 336 g/mol. The lowest BCUT2D eigenvalue weighted by Crippen LogP contribution is -2.21. The summed E-state index contributed by atoms with van der Waals surface area (Å²) in [5.74, 6) is -0.547. The summed E-state index contributed by atoms with van der Waals surface area (Å²) in [4.78, 5) is 17.3. The van der Waals surface area contributed by atoms with Crippen LogP contribution in [0, 0.1) is 5.82 Å². The van der Waals surface area contributed by atoms with Crippen LogP contribution >= 0.6 is 22.9 Å². The Balaban J connectivity index is 2.05. The van der Waals surface area contributed by atoms with Crippen molar-refractivity contribution in [1.82, 2.24) is 9.55 Å². The van der Waals surface area contributed by atoms with Gasteiger partial charge >= 0.3 is 0 Å². The van der Waals surface area contributed by atoms with Crippen molar-refractivity contribution < 1.29 is 9.50 Å². The second-order valence-electron chi connectivity index (χ2n) is 4.60. The van der Waals surface area contributed by atoms with Crippen molar-refractivity contribution >= 4 is 22.9 Å². The zero-order chi connectivity index (χ0) is 15.7. The predicted octanol–water partition coefficient (Wildman–Crippen LogP) is 3.52. The average Bonchev–Trinajstić information content (AvgIpc) is 2.89. The SMILES string of the molecule is O=c1c(-c2ccc(F)cc2)c(O)ccn1Cc1cnc(Cl)s1. The summed E-state index contributed by atoms with van der Waals surface area (Å²) in [6.45, 7) is 0.303. The van der Waals surface area contributed by atoms with Gasteiger partial charge in [-0.3, -0.25) is 4.79 Å². The van der Waals surface area contributed by atoms with E-state index in [1.807, 2.05) is 0 Å². The number of rotatable bonds is 3. The minimum absolute atomic E-state index is 0.137. The molecule has 0 aliphatic heterocycles. The molecule has 2 heterocycles. The number of hydrogen-bond donors (Lipinski definition) is 1. The lowest BCUT2D eigenvalue weighted by atomic mass is 10.1. The minimum atomic E-state index is -0.404. The second-order valence-corrected chi connectivity index (χ2v) is 6.29. The first-order valence-corrected chi connectivity index (χ1v) is 7.52. The van der Waals surface area contributed by atoms with Crippen molar-refractivity contribution in [2.75, 3.05) is 0 Å². The minimum Gasteiger partial charge on any atom is -0.507 e. The van der Waals surface area contributed by atoms with Gasteiger partial charge in [-0.05, 0) is 23.8 Å². The van der Waals surface area contributed by atoms with Crippen LogP contribution in [0.3, 0.4) is 0 Å². The molecule has 0 amide bonds. The van der Waals surface area contributed by atoms with Crippen LogP contribution < -0.4 is 5.56 Å². The zero-order valence-electron chi connectivity index (χ0n) is 11.2. The van der Waals surface area contributed by atoms with E-state index in [4.69, 9.17) is 11.6 Å². The Labute approximate surface area is 134 Å². The first-order valence-electron chi connectivity index (χ1n) is 6.33. The topological polar surface area (TPSA) is 55.1 Å². The molecule has 3 aromatic rings. The molecule has 0 aliphatic carbocycles. The Kier molecular flexibility index (Phi) is 3.96. The lowest BCUT2D eigenvalue weighted by molar-refractivity contribution is 0.473. The summed E-state index contributed by atoms with van der Waals surface area (Å²) < 4.78 is 14.9. The van der Waals surface area contributed by atoms with Gasteiger partial charge in [0.15, 0.2) is 4.47 Å². The highest BCUT2D eigenvalue weighted by Gasteiger charge is 2.13. The molecule has 0 fully saturated rings. The quantitative estimate of drug-likeness (QED) is 0.796. The molecule has 22 heavy (non-hydrogen) atoms. The van der Waals surface area contributed by atoms with E-state index < -0.39 is 5.82 Å². The maximum Gasteiger partial charge on any atom is 0.262 e. The molecule has 0 bridgehead atoms. The van der Waals surface area contributed by atoms with Gasteiger partial charge in [0.2, 0.25) is 0 Å². The molecule has 4 nitrogen and oxygen atoms in total. The van der Waals surface area contributed by atoms with Gasteiger partial charge in [-0.15, -0.1) is 11.3 Å². The normalized spacial score (nSPS) is 10.8. The van der Waals surface area contributed by atoms with Crippen molar-refractivity contribution in [3.05, 3.63) is 68.2 Å². The van der Waals surface area contributed by atoms with Crippen molar-refractivity contribution in [1.29, 1.82) is 0 Å². The fourth-order valence-electron chi connectivity index (χ4n) is 2.10. The van der Waals surface area contributed by atoms with Crippen LogP contribution in [0.2, 0.25) is 4.47 Å². The largest absolute Gasteiger partial charge is 0.507 e. The molecule has 0 unspecified atom stereocenters. The standard InChI is InChI=1S/C15H10ClFN2O2S/c16-15-18-7-11(22-15)8-19-6-5-12(20)13(14(19)21)9-1-3-10(17)4-2-9/h1-7,20H,8H2. The number of pyridine rings is 1. The lowest BCUT2D eigenvalue weighted by Gasteiger charge is -2.09. The average molecular weight is 337 g/mol. The Morgan fingerprint density at radius 3 is 2.64 bits per heavy atom. The van der Waals surface area contributed by atoms with E-state index in [1.165, 1.54) is 52.4 Å². The molecule has 0 aliphatic rings. The molecule has 1 N–H and O–H groups in total. The van der Waals surface area contributed by atoms with Gasteiger partial charge in [0, 0.05) is 17.3 Å². The van der Waals surface area contributed by atoms with Crippen LogP contribution in [0.4, 0.5) is 4.39 Å². The molecule has 0 atom stereocenters. The molecule has 0 radical (unpaired) electrons. The molecular weight excluding hydrogens is 327 g/mol. The molecule has 1 aromatic carbocycles. The summed E-state index contributed by atoms with van der Waals surface area (Å²) in [6, 6.07) is 6.84. The van der Waals surface area contributed by atoms with Gasteiger partial charge in [-0.2, -0.15) is 0 Å². The molecule has 2 aromatic heterocycles. The number of thiazole rings is 1. The zero-order valence-corrected chi connectivity index (χ0v) is 12.7. The number of benzene rings is 1. The smallest absolute Gasteiger partial charge is 0.262 e. The summed E-state index contributed by atoms with van der Waals surface area (Å²) in [5.41, 5.74) is 0.231. The van der Waals surface area contributed by atoms with Gasteiger partial charge in [0.05, 0.1) is 12.1 Å². The number of hydrogen-bond acceptors (Lipinski definition) is 4. The number of halogens is 2. The van der Waals surface area contributed by atoms with Gasteiger partial charge in [0.1, 0.15) is 11.6 Å². The molecule has 7 heteroatoms. The maximum atomic E-state index is 13.0. The van der Waals surface area contributed by atoms with Crippen LogP contribution in [-0.4, -0.2) is 14.7 Å². The molecule has 0 saturated heterocycles. The molecule has 0 saturated carbocycles. The highest BCUT2D eigenvalue weighted by atomic mass is 35.5. The van der Waals surface area contributed by atoms with Crippen molar-refractivity contribution in [3.63, 3.8) is 0 Å². The fourth-order valence-corrected chi connectivity index (χ4v) is 3.08. The highest BCUT2D eigenvalue weighted by molar-refractivity contribution is 7.15. The molecule has 112 valence electrons. The summed E-state index contributed by atoms with van der Waals surface area (Å²) in [6.07, 6.45) is 3.10. The van der Waals surface area contributed by atoms with Gasteiger partial charge in [-0.25, -0.2) is 9.37 Å². The number of nitrogens with zero attached hydrogens (tertiary/aromatic N) is 2. The van der Waals surface area contributed by atoms with E-state index in [0.717, 1.165) is 4.88 Å². The van der Waals surface area contributed by atoms with Crippen molar-refractivity contribution in [3.8, 4) is 16.9 Å². The van der Waals surface area contributed by atoms with E-state index in [0.29, 0.717) is 16.6 Å². The fraction of sp³-hybridized carbons (Fsp3) is 0.0667. The van der Waals surface area contributed by atoms with E-state index in [1.54, 1.807) is 6.20 Å². The van der Waals surface area contributed by atoms with E-state index in [9.17, 15) is 14.3 Å². The second kappa shape index (κ2) is 5.90. The van der Waals surface area contributed by atoms with Gasteiger partial charge in [0.25, 0.3) is 5.56 Å². The van der Waals surface area contributed by atoms with Crippen molar-refractivity contribution in [2.24, 2.45) is 0 Å². The number of aromatic hydroxyl groups is 1. The van der Waals surface area contributed by atoms with Crippen LogP contribution in [0.25, 0.3) is 11.1 Å². The van der Waals surface area contributed by atoms with Gasteiger partial charge < -0.3 is 9.67 Å². The van der Waals surface area contributed by atoms with Gasteiger partial charge in [-0.1, -0.05) is 23.7 Å². The van der Waals surface area contributed by atoms with Crippen molar-refractivity contribution in [2.45, 2.75) is 6.54 Å². The molecule has 3 rings (SSSR count). The Hall–Kier alpha value is -2.18. The van der Waals surface area contributed by atoms with E-state index in [-0.39, 0.29) is 16.9 Å². The summed E-state index contributed by atoms with van der Waals surface area (Å²) in [5, 5.41) is 9.97. The summed E-state index contributed by atoms with van der Waals surface area (Å²) in [7, 11) is 0. The van der Waals surface area contributed by atoms with Crippen LogP contribution in [0.1, 0.15) is 4.88 Å². The maximum absolute atomic E-state index is 13.0. The Morgan fingerprint density at radius 2 is 2.00 bits per heavy atom. The molecular formula is C15H10ClFN2O2S. The Morgan fingerprint density at radius 1 is 1.27 bits per heavy atom. The first kappa shape index (κ1) is 14.7. The highest BCUT2D eigenvalue weighted by Crippen LogP contribution is 2.26. The first-order chi connectivity index (χ1) is 10.5. The third kappa shape index (κ3) is 2.88. The third-order valence-electron chi connectivity index (χ3n) is 3.13. The van der Waals surface area contributed by atoms with Crippen LogP contribution in [0.15, 0.2) is 47.5 Å². The van der Waals surface area contributed by atoms with E-state index >= 15 is 0 Å². The molecule has 0 spiro atoms. The van der Waals surface area contributed by atoms with Crippen LogP contribution in [-0.2, 0) is 6.54 Å². The third-order valence-corrected chi connectivity index (χ3v) is 4.23. The van der Waals surface area contributed by atoms with E-state index in [2.05, 4.69) is 4.98 Å². The Bertz CT molecular complexity index is 874.